The number of carbonyl (C=O) groups is 1. The Morgan fingerprint density at radius 1 is 1.25 bits per heavy atom. The molecule has 0 aromatic carbocycles. The first-order valence-electron chi connectivity index (χ1n) is 5.15. The van der Waals surface area contributed by atoms with Gasteiger partial charge in [-0.05, 0) is 20.8 Å². The minimum absolute atomic E-state index is 0.195. The topological polar surface area (TPSA) is 65.1 Å². The molecule has 0 aliphatic carbocycles. The van der Waals surface area contributed by atoms with Crippen molar-refractivity contribution in [2.24, 2.45) is 0 Å². The third-order valence-corrected chi connectivity index (χ3v) is 3.37. The summed E-state index contributed by atoms with van der Waals surface area (Å²) >= 11 is 0. The van der Waals surface area contributed by atoms with E-state index in [0.29, 0.717) is 0 Å². The van der Waals surface area contributed by atoms with Crippen LogP contribution in [0.5, 0.6) is 0 Å². The fraction of sp³-hybridized carbons (Fsp3) is 0.889. The van der Waals surface area contributed by atoms with Crippen LogP contribution in [0.2, 0.25) is 0 Å². The average molecular weight is 253 g/mol. The fourth-order valence-corrected chi connectivity index (χ4v) is 2.32. The van der Waals surface area contributed by atoms with Crippen molar-refractivity contribution in [1.29, 1.82) is 0 Å². The highest BCUT2D eigenvalue weighted by molar-refractivity contribution is 7.48. The summed E-state index contributed by atoms with van der Waals surface area (Å²) in [5, 5.41) is 0. The summed E-state index contributed by atoms with van der Waals surface area (Å²) in [6.45, 7) is 5.24. The molecule has 0 aliphatic heterocycles. The van der Waals surface area contributed by atoms with E-state index < -0.39 is 13.9 Å². The van der Waals surface area contributed by atoms with Gasteiger partial charge in [-0.15, -0.1) is 0 Å². The van der Waals surface area contributed by atoms with Crippen molar-refractivity contribution >= 4 is 13.7 Å². The second kappa shape index (κ2) is 7.01. The summed E-state index contributed by atoms with van der Waals surface area (Å²) in [6.07, 6.45) is -0.862. The number of hydrogen-bond donors (Lipinski definition) is 0. The second-order valence-corrected chi connectivity index (χ2v) is 4.88. The van der Waals surface area contributed by atoms with Crippen LogP contribution in [0.15, 0.2) is 0 Å². The number of amides is 1. The zero-order chi connectivity index (χ0) is 12.8. The van der Waals surface area contributed by atoms with E-state index in [-0.39, 0.29) is 19.1 Å². The molecule has 0 bridgehead atoms. The van der Waals surface area contributed by atoms with Crippen LogP contribution in [-0.4, -0.2) is 44.2 Å². The number of hydrogen-bond acceptors (Lipinski definition) is 5. The van der Waals surface area contributed by atoms with Crippen molar-refractivity contribution in [1.82, 2.24) is 4.90 Å². The van der Waals surface area contributed by atoms with E-state index in [9.17, 15) is 9.36 Å². The van der Waals surface area contributed by atoms with Crippen LogP contribution in [0.25, 0.3) is 0 Å². The first-order valence-corrected chi connectivity index (χ1v) is 6.61. The van der Waals surface area contributed by atoms with Crippen molar-refractivity contribution in [2.45, 2.75) is 26.9 Å². The molecule has 0 heterocycles. The maximum absolute atomic E-state index is 11.9. The van der Waals surface area contributed by atoms with Crippen LogP contribution in [0.1, 0.15) is 20.8 Å². The van der Waals surface area contributed by atoms with Gasteiger partial charge < -0.3 is 4.90 Å². The van der Waals surface area contributed by atoms with E-state index in [2.05, 4.69) is 0 Å². The van der Waals surface area contributed by atoms with Gasteiger partial charge in [-0.3, -0.25) is 18.4 Å². The van der Waals surface area contributed by atoms with E-state index in [4.69, 9.17) is 13.6 Å². The Labute approximate surface area is 96.5 Å². The maximum Gasteiger partial charge on any atom is 0.475 e. The van der Waals surface area contributed by atoms with Gasteiger partial charge in [0, 0.05) is 14.1 Å². The van der Waals surface area contributed by atoms with E-state index in [0.717, 1.165) is 0 Å². The van der Waals surface area contributed by atoms with Crippen molar-refractivity contribution < 1.29 is 22.9 Å². The summed E-state index contributed by atoms with van der Waals surface area (Å²) in [7, 11) is -0.433. The number of likely N-dealkylation sites (N-methyl/N-ethyl adjacent to an activating group) is 1. The number of rotatable bonds is 7. The van der Waals surface area contributed by atoms with Crippen LogP contribution in [0, 0.1) is 0 Å². The molecule has 1 atom stereocenters. The standard InChI is InChI=1S/C9H20NO5P/c1-6-13-16(12,14-7-2)15-8(3)9(11)10(4)5/h8H,6-7H2,1-5H3. The van der Waals surface area contributed by atoms with Gasteiger partial charge in [0.2, 0.25) is 0 Å². The van der Waals surface area contributed by atoms with Gasteiger partial charge in [0.25, 0.3) is 5.91 Å². The number of nitrogens with zero attached hydrogens (tertiary/aromatic N) is 1. The highest BCUT2D eigenvalue weighted by atomic mass is 31.2. The molecule has 96 valence electrons. The van der Waals surface area contributed by atoms with Crippen LogP contribution in [0.3, 0.4) is 0 Å². The lowest BCUT2D eigenvalue weighted by Crippen LogP contribution is -2.33. The molecule has 0 aromatic heterocycles. The summed E-state index contributed by atoms with van der Waals surface area (Å²) in [5.41, 5.74) is 0. The summed E-state index contributed by atoms with van der Waals surface area (Å²) < 4.78 is 26.8. The number of carbonyl (C=O) groups excluding carboxylic acids is 1. The maximum atomic E-state index is 11.9. The summed E-state index contributed by atoms with van der Waals surface area (Å²) in [5.74, 6) is -0.292. The molecule has 0 radical (unpaired) electrons. The molecule has 0 fully saturated rings. The smallest absolute Gasteiger partial charge is 0.347 e. The first kappa shape index (κ1) is 15.6. The van der Waals surface area contributed by atoms with Gasteiger partial charge >= 0.3 is 7.82 Å². The lowest BCUT2D eigenvalue weighted by atomic mass is 10.4. The van der Waals surface area contributed by atoms with Crippen molar-refractivity contribution in [2.75, 3.05) is 27.3 Å². The Hall–Kier alpha value is -0.420. The summed E-state index contributed by atoms with van der Waals surface area (Å²) in [6, 6.07) is 0. The predicted molar refractivity (Wildman–Crippen MR) is 60.1 cm³/mol. The van der Waals surface area contributed by atoms with Crippen molar-refractivity contribution in [3.05, 3.63) is 0 Å². The fourth-order valence-electron chi connectivity index (χ4n) is 1.02. The van der Waals surface area contributed by atoms with Gasteiger partial charge in [0.05, 0.1) is 13.2 Å². The molecule has 0 aliphatic rings. The predicted octanol–water partition coefficient (Wildman–Crippen LogP) is 1.66. The molecular weight excluding hydrogens is 233 g/mol. The van der Waals surface area contributed by atoms with Gasteiger partial charge in [0.1, 0.15) is 6.10 Å². The van der Waals surface area contributed by atoms with E-state index in [1.165, 1.54) is 11.8 Å². The van der Waals surface area contributed by atoms with E-state index >= 15 is 0 Å². The lowest BCUT2D eigenvalue weighted by molar-refractivity contribution is -0.136. The van der Waals surface area contributed by atoms with E-state index in [1.807, 2.05) is 0 Å². The Bertz CT molecular complexity index is 259. The third kappa shape index (κ3) is 5.07. The normalized spacial score (nSPS) is 13.6. The monoisotopic (exact) mass is 253 g/mol. The van der Waals surface area contributed by atoms with Crippen molar-refractivity contribution in [3.8, 4) is 0 Å². The molecular formula is C9H20NO5P. The minimum Gasteiger partial charge on any atom is -0.347 e. The molecule has 0 spiro atoms. The molecule has 1 amide bonds. The van der Waals surface area contributed by atoms with Gasteiger partial charge in [-0.25, -0.2) is 4.57 Å². The molecule has 6 nitrogen and oxygen atoms in total. The minimum atomic E-state index is -3.62. The Balaban J connectivity index is 4.51. The zero-order valence-corrected chi connectivity index (χ0v) is 11.3. The zero-order valence-electron chi connectivity index (χ0n) is 10.4. The molecule has 0 N–H and O–H groups in total. The SMILES string of the molecule is CCOP(=O)(OCC)OC(C)C(=O)N(C)C. The van der Waals surface area contributed by atoms with Gasteiger partial charge in [0.15, 0.2) is 0 Å². The van der Waals surface area contributed by atoms with Crippen LogP contribution in [-0.2, 0) is 22.9 Å². The molecule has 16 heavy (non-hydrogen) atoms. The molecule has 0 saturated heterocycles. The molecule has 0 aromatic rings. The Morgan fingerprint density at radius 3 is 2.00 bits per heavy atom. The molecule has 0 rings (SSSR count). The van der Waals surface area contributed by atoms with Gasteiger partial charge in [-0.2, -0.15) is 0 Å². The Kier molecular flexibility index (Phi) is 6.83. The quantitative estimate of drug-likeness (QED) is 0.645. The highest BCUT2D eigenvalue weighted by Gasteiger charge is 2.31. The number of phosphoric acid groups is 1. The highest BCUT2D eigenvalue weighted by Crippen LogP contribution is 2.50. The second-order valence-electron chi connectivity index (χ2n) is 3.26. The first-order chi connectivity index (χ1) is 7.36. The third-order valence-electron chi connectivity index (χ3n) is 1.65. The van der Waals surface area contributed by atoms with Crippen molar-refractivity contribution in [3.63, 3.8) is 0 Å². The Morgan fingerprint density at radius 2 is 1.69 bits per heavy atom. The van der Waals surface area contributed by atoms with Gasteiger partial charge in [-0.1, -0.05) is 0 Å². The molecule has 7 heteroatoms. The van der Waals surface area contributed by atoms with Crippen LogP contribution < -0.4 is 0 Å². The van der Waals surface area contributed by atoms with Crippen LogP contribution in [0.4, 0.5) is 0 Å². The lowest BCUT2D eigenvalue weighted by Gasteiger charge is -2.22. The molecule has 0 saturated carbocycles. The largest absolute Gasteiger partial charge is 0.475 e. The van der Waals surface area contributed by atoms with Crippen LogP contribution >= 0.6 is 7.82 Å². The number of phosphoric ester groups is 1. The molecule has 1 unspecified atom stereocenters. The average Bonchev–Trinajstić information content (AvgIpc) is 2.16. The summed E-state index contributed by atoms with van der Waals surface area (Å²) in [4.78, 5) is 12.9. The van der Waals surface area contributed by atoms with E-state index in [1.54, 1.807) is 27.9 Å².